The minimum Gasteiger partial charge on any atom is -0.309 e. The van der Waals surface area contributed by atoms with Crippen molar-refractivity contribution in [1.82, 2.24) is 4.57 Å². The Labute approximate surface area is 360 Å². The highest BCUT2D eigenvalue weighted by Gasteiger charge is 2.22. The molecule has 0 saturated carbocycles. The van der Waals surface area contributed by atoms with Crippen LogP contribution in [0.1, 0.15) is 0 Å². The topological polar surface area (TPSA) is 8.17 Å². The Morgan fingerprint density at radius 1 is 0.274 bits per heavy atom. The molecule has 1 aromatic heterocycles. The number of rotatable bonds is 7. The molecular formula is C60H40N2. The van der Waals surface area contributed by atoms with Crippen molar-refractivity contribution in [3.05, 3.63) is 243 Å². The largest absolute Gasteiger partial charge is 0.309 e. The van der Waals surface area contributed by atoms with E-state index in [1.165, 1.54) is 76.4 Å². The van der Waals surface area contributed by atoms with Crippen LogP contribution in [0.15, 0.2) is 243 Å². The summed E-state index contributed by atoms with van der Waals surface area (Å²) in [7, 11) is 0. The predicted molar refractivity (Wildman–Crippen MR) is 264 cm³/mol. The molecule has 2 nitrogen and oxygen atoms in total. The Hall–Kier alpha value is -8.20. The van der Waals surface area contributed by atoms with E-state index in [1.807, 2.05) is 0 Å². The van der Waals surface area contributed by atoms with E-state index in [0.29, 0.717) is 0 Å². The molecule has 2 heteroatoms. The van der Waals surface area contributed by atoms with Crippen LogP contribution in [-0.4, -0.2) is 4.57 Å². The molecule has 0 amide bonds. The maximum Gasteiger partial charge on any atom is 0.0541 e. The third kappa shape index (κ3) is 5.96. The molecule has 0 aliphatic heterocycles. The zero-order valence-electron chi connectivity index (χ0n) is 34.0. The van der Waals surface area contributed by atoms with Crippen LogP contribution in [0.25, 0.3) is 93.2 Å². The van der Waals surface area contributed by atoms with Gasteiger partial charge in [0.15, 0.2) is 0 Å². The number of fused-ring (bicyclic) bond motifs is 6. The van der Waals surface area contributed by atoms with Gasteiger partial charge < -0.3 is 9.47 Å². The number of hydrogen-bond donors (Lipinski definition) is 0. The quantitative estimate of drug-likeness (QED) is 0.156. The minimum absolute atomic E-state index is 1.08. The first kappa shape index (κ1) is 35.7. The summed E-state index contributed by atoms with van der Waals surface area (Å²) in [5.41, 5.74) is 14.0. The second-order valence-corrected chi connectivity index (χ2v) is 16.1. The van der Waals surface area contributed by atoms with E-state index in [4.69, 9.17) is 0 Å². The van der Waals surface area contributed by atoms with Crippen LogP contribution in [0.2, 0.25) is 0 Å². The van der Waals surface area contributed by atoms with E-state index in [2.05, 4.69) is 252 Å². The van der Waals surface area contributed by atoms with Crippen LogP contribution in [0.4, 0.5) is 17.1 Å². The minimum atomic E-state index is 1.08. The molecule has 0 aliphatic carbocycles. The van der Waals surface area contributed by atoms with Gasteiger partial charge in [0.2, 0.25) is 0 Å². The molecule has 12 aromatic rings. The van der Waals surface area contributed by atoms with E-state index in [1.54, 1.807) is 0 Å². The molecule has 0 bridgehead atoms. The van der Waals surface area contributed by atoms with Crippen molar-refractivity contribution in [2.24, 2.45) is 0 Å². The molecule has 0 aliphatic rings. The van der Waals surface area contributed by atoms with E-state index in [9.17, 15) is 0 Å². The van der Waals surface area contributed by atoms with Gasteiger partial charge in [-0.05, 0) is 109 Å². The molecular weight excluding hydrogens is 749 g/mol. The smallest absolute Gasteiger partial charge is 0.0541 e. The molecule has 0 saturated heterocycles. The molecule has 0 N–H and O–H groups in total. The number of anilines is 3. The van der Waals surface area contributed by atoms with Gasteiger partial charge in [-0.1, -0.05) is 188 Å². The monoisotopic (exact) mass is 788 g/mol. The Balaban J connectivity index is 1.06. The normalized spacial score (nSPS) is 11.5. The first-order valence-corrected chi connectivity index (χ1v) is 21.3. The molecule has 0 radical (unpaired) electrons. The maximum atomic E-state index is 2.47. The van der Waals surface area contributed by atoms with Gasteiger partial charge in [-0.3, -0.25) is 0 Å². The zero-order chi connectivity index (χ0) is 41.0. The Morgan fingerprint density at radius 3 is 1.65 bits per heavy atom. The maximum absolute atomic E-state index is 2.47. The van der Waals surface area contributed by atoms with Gasteiger partial charge >= 0.3 is 0 Å². The fourth-order valence-corrected chi connectivity index (χ4v) is 9.70. The molecule has 11 aromatic carbocycles. The van der Waals surface area contributed by atoms with Gasteiger partial charge in [0.05, 0.1) is 22.4 Å². The second kappa shape index (κ2) is 14.8. The van der Waals surface area contributed by atoms with Crippen LogP contribution in [0.5, 0.6) is 0 Å². The van der Waals surface area contributed by atoms with Crippen molar-refractivity contribution in [3.63, 3.8) is 0 Å². The van der Waals surface area contributed by atoms with Crippen molar-refractivity contribution < 1.29 is 0 Å². The van der Waals surface area contributed by atoms with Gasteiger partial charge in [-0.2, -0.15) is 0 Å². The summed E-state index contributed by atoms with van der Waals surface area (Å²) in [6, 6.07) is 88.6. The van der Waals surface area contributed by atoms with Crippen LogP contribution >= 0.6 is 0 Å². The first-order chi connectivity index (χ1) is 30.8. The van der Waals surface area contributed by atoms with Gasteiger partial charge in [0.1, 0.15) is 0 Å². The Kier molecular flexibility index (Phi) is 8.53. The summed E-state index contributed by atoms with van der Waals surface area (Å²) in [6.07, 6.45) is 0. The van der Waals surface area contributed by atoms with E-state index < -0.39 is 0 Å². The lowest BCUT2D eigenvalue weighted by molar-refractivity contribution is 1.18. The van der Waals surface area contributed by atoms with Crippen molar-refractivity contribution in [2.75, 3.05) is 4.90 Å². The average Bonchev–Trinajstić information content (AvgIpc) is 3.68. The van der Waals surface area contributed by atoms with Gasteiger partial charge in [0, 0.05) is 33.1 Å². The van der Waals surface area contributed by atoms with Crippen LogP contribution < -0.4 is 4.90 Å². The number of benzene rings is 11. The standard InChI is InChI=1S/C60H40N2/c1-2-18-43-38-46(35-34-41(43)16-1)50-25-7-10-31-57(50)61(60-37-36-53(52-26-5-6-27-54(52)60)51-30-15-19-42-17-3-4-24-49(42)51)47-22-13-20-44(39-47)45-21-14-23-48(40-45)62-58-32-11-8-28-55(58)56-29-9-12-33-59(56)62/h1-40H. The zero-order valence-corrected chi connectivity index (χ0v) is 34.0. The number of aromatic nitrogens is 1. The van der Waals surface area contributed by atoms with Gasteiger partial charge in [0.25, 0.3) is 0 Å². The molecule has 0 spiro atoms. The van der Waals surface area contributed by atoms with Crippen LogP contribution in [0, 0.1) is 0 Å². The summed E-state index contributed by atoms with van der Waals surface area (Å²) < 4.78 is 2.40. The number of hydrogen-bond acceptors (Lipinski definition) is 1. The highest BCUT2D eigenvalue weighted by Crippen LogP contribution is 2.47. The molecule has 12 rings (SSSR count). The average molecular weight is 789 g/mol. The van der Waals surface area contributed by atoms with Gasteiger partial charge in [-0.15, -0.1) is 0 Å². The lowest BCUT2D eigenvalue weighted by Crippen LogP contribution is -2.12. The fourth-order valence-electron chi connectivity index (χ4n) is 9.70. The summed E-state index contributed by atoms with van der Waals surface area (Å²) >= 11 is 0. The fraction of sp³-hybridized carbons (Fsp3) is 0. The summed E-state index contributed by atoms with van der Waals surface area (Å²) in [5.74, 6) is 0. The third-order valence-corrected chi connectivity index (χ3v) is 12.5. The summed E-state index contributed by atoms with van der Waals surface area (Å²) in [6.45, 7) is 0. The number of nitrogens with zero attached hydrogens (tertiary/aromatic N) is 2. The van der Waals surface area contributed by atoms with Crippen molar-refractivity contribution in [3.8, 4) is 39.1 Å². The Bertz CT molecular complexity index is 3610. The Morgan fingerprint density at radius 2 is 0.839 bits per heavy atom. The lowest BCUT2D eigenvalue weighted by atomic mass is 9.92. The van der Waals surface area contributed by atoms with E-state index in [0.717, 1.165) is 33.9 Å². The third-order valence-electron chi connectivity index (χ3n) is 12.5. The SMILES string of the molecule is c1cc(-c2cccc(-n3c4ccccc4c4ccccc43)c2)cc(N(c2ccccc2-c2ccc3ccccc3c2)c2ccc(-c3cccc4ccccc34)c3ccccc23)c1. The van der Waals surface area contributed by atoms with Crippen LogP contribution in [-0.2, 0) is 0 Å². The number of para-hydroxylation sites is 3. The molecule has 0 fully saturated rings. The lowest BCUT2D eigenvalue weighted by Gasteiger charge is -2.30. The van der Waals surface area contributed by atoms with Crippen molar-refractivity contribution in [2.45, 2.75) is 0 Å². The second-order valence-electron chi connectivity index (χ2n) is 16.1. The van der Waals surface area contributed by atoms with E-state index >= 15 is 0 Å². The highest BCUT2D eigenvalue weighted by molar-refractivity contribution is 6.12. The first-order valence-electron chi connectivity index (χ1n) is 21.3. The summed E-state index contributed by atoms with van der Waals surface area (Å²) in [5, 5.41) is 9.86. The van der Waals surface area contributed by atoms with Crippen molar-refractivity contribution in [1.29, 1.82) is 0 Å². The summed E-state index contributed by atoms with van der Waals surface area (Å²) in [4.78, 5) is 2.47. The highest BCUT2D eigenvalue weighted by atomic mass is 15.1. The molecule has 62 heavy (non-hydrogen) atoms. The van der Waals surface area contributed by atoms with Crippen molar-refractivity contribution >= 4 is 71.2 Å². The molecule has 290 valence electrons. The molecule has 0 unspecified atom stereocenters. The molecule has 0 atom stereocenters. The van der Waals surface area contributed by atoms with Gasteiger partial charge in [-0.25, -0.2) is 0 Å². The predicted octanol–water partition coefficient (Wildman–Crippen LogP) is 16.7. The molecule has 1 heterocycles. The van der Waals surface area contributed by atoms with E-state index in [-0.39, 0.29) is 0 Å². The van der Waals surface area contributed by atoms with Crippen LogP contribution in [0.3, 0.4) is 0 Å².